The van der Waals surface area contributed by atoms with Gasteiger partial charge in [-0.05, 0) is 27.2 Å². The quantitative estimate of drug-likeness (QED) is 0.394. The first-order valence-electron chi connectivity index (χ1n) is 7.44. The zero-order valence-corrected chi connectivity index (χ0v) is 13.7. The highest BCUT2D eigenvalue weighted by Crippen LogP contribution is 2.03. The molecule has 0 heterocycles. The third kappa shape index (κ3) is 13.1. The first-order valence-corrected chi connectivity index (χ1v) is 7.44. The molecular weight excluding hydrogens is 250 g/mol. The Bertz CT molecular complexity index is 306. The molecule has 0 aromatic heterocycles. The molecule has 0 fully saturated rings. The summed E-state index contributed by atoms with van der Waals surface area (Å²) < 4.78 is 4.91. The third-order valence-electron chi connectivity index (χ3n) is 2.52. The van der Waals surface area contributed by atoms with Gasteiger partial charge in [-0.1, -0.05) is 50.3 Å². The number of carbonyl (C=O) groups is 1. The summed E-state index contributed by atoms with van der Waals surface area (Å²) >= 11 is 0. The minimum Gasteiger partial charge on any atom is -0.466 e. The second-order valence-corrected chi connectivity index (χ2v) is 4.11. The Kier molecular flexibility index (Phi) is 16.5. The fourth-order valence-corrected chi connectivity index (χ4v) is 1.46. The van der Waals surface area contributed by atoms with Crippen LogP contribution in [0.2, 0.25) is 0 Å². The molecule has 0 aromatic rings. The molecule has 0 rings (SSSR count). The molecule has 1 atom stereocenters. The Balaban J connectivity index is 0. The standard InChI is InChI=1S/C15H25NO2.C2H6/c1-5-8-9-10-14(6-2)12-16-13(4)11-15(17)18-7-3;1-2/h5-6,8-9,13,16H,1,7,10-12H2,2-4H3;1-2H3/b9-8-,14-6+;. The van der Waals surface area contributed by atoms with Crippen molar-refractivity contribution < 1.29 is 9.53 Å². The number of nitrogens with one attached hydrogen (secondary N) is 1. The van der Waals surface area contributed by atoms with Crippen LogP contribution in [-0.4, -0.2) is 25.2 Å². The van der Waals surface area contributed by atoms with Gasteiger partial charge in [-0.25, -0.2) is 0 Å². The van der Waals surface area contributed by atoms with Crippen molar-refractivity contribution in [2.45, 2.75) is 53.5 Å². The van der Waals surface area contributed by atoms with Crippen LogP contribution in [0.15, 0.2) is 36.5 Å². The van der Waals surface area contributed by atoms with Gasteiger partial charge in [0, 0.05) is 12.6 Å². The summed E-state index contributed by atoms with van der Waals surface area (Å²) in [7, 11) is 0. The summed E-state index contributed by atoms with van der Waals surface area (Å²) in [5.41, 5.74) is 1.30. The lowest BCUT2D eigenvalue weighted by atomic mass is 10.1. The van der Waals surface area contributed by atoms with Gasteiger partial charge in [-0.15, -0.1) is 0 Å². The molecule has 0 saturated heterocycles. The Morgan fingerprint density at radius 2 is 2.05 bits per heavy atom. The van der Waals surface area contributed by atoms with E-state index in [1.165, 1.54) is 5.57 Å². The molecule has 0 aliphatic rings. The van der Waals surface area contributed by atoms with Gasteiger partial charge < -0.3 is 10.1 Å². The molecule has 0 aliphatic heterocycles. The molecule has 3 nitrogen and oxygen atoms in total. The molecule has 0 spiro atoms. The number of allylic oxidation sites excluding steroid dienone is 4. The van der Waals surface area contributed by atoms with E-state index in [2.05, 4.69) is 24.0 Å². The zero-order valence-electron chi connectivity index (χ0n) is 13.7. The van der Waals surface area contributed by atoms with Crippen LogP contribution in [0.5, 0.6) is 0 Å². The lowest BCUT2D eigenvalue weighted by Crippen LogP contribution is -2.30. The highest BCUT2D eigenvalue weighted by atomic mass is 16.5. The van der Waals surface area contributed by atoms with E-state index in [0.29, 0.717) is 13.0 Å². The lowest BCUT2D eigenvalue weighted by molar-refractivity contribution is -0.143. The molecule has 0 radical (unpaired) electrons. The molecule has 0 saturated carbocycles. The fourth-order valence-electron chi connectivity index (χ4n) is 1.46. The summed E-state index contributed by atoms with van der Waals surface area (Å²) in [6, 6.07) is 0.127. The average molecular weight is 281 g/mol. The van der Waals surface area contributed by atoms with E-state index in [0.717, 1.165) is 13.0 Å². The summed E-state index contributed by atoms with van der Waals surface area (Å²) in [5, 5.41) is 3.32. The third-order valence-corrected chi connectivity index (χ3v) is 2.52. The van der Waals surface area contributed by atoms with Crippen molar-refractivity contribution >= 4 is 5.97 Å². The first-order chi connectivity index (χ1) is 9.63. The molecule has 116 valence electrons. The van der Waals surface area contributed by atoms with Gasteiger partial charge in [0.05, 0.1) is 13.0 Å². The van der Waals surface area contributed by atoms with Crippen LogP contribution in [0, 0.1) is 0 Å². The minimum atomic E-state index is -0.147. The predicted molar refractivity (Wildman–Crippen MR) is 87.8 cm³/mol. The van der Waals surface area contributed by atoms with Crippen LogP contribution >= 0.6 is 0 Å². The van der Waals surface area contributed by atoms with Crippen molar-refractivity contribution in [1.82, 2.24) is 5.32 Å². The highest BCUT2D eigenvalue weighted by Gasteiger charge is 2.09. The van der Waals surface area contributed by atoms with Gasteiger partial charge in [-0.3, -0.25) is 4.79 Å². The molecule has 20 heavy (non-hydrogen) atoms. The van der Waals surface area contributed by atoms with E-state index in [1.54, 1.807) is 6.08 Å². The van der Waals surface area contributed by atoms with Crippen LogP contribution in [0.3, 0.4) is 0 Å². The van der Waals surface area contributed by atoms with Crippen LogP contribution in [-0.2, 0) is 9.53 Å². The molecule has 1 N–H and O–H groups in total. The molecule has 0 bridgehead atoms. The Morgan fingerprint density at radius 3 is 2.55 bits per heavy atom. The number of rotatable bonds is 9. The van der Waals surface area contributed by atoms with Gasteiger partial charge in [0.25, 0.3) is 0 Å². The Hall–Kier alpha value is -1.35. The van der Waals surface area contributed by atoms with Crippen molar-refractivity contribution in [3.05, 3.63) is 36.5 Å². The highest BCUT2D eigenvalue weighted by molar-refractivity contribution is 5.70. The fraction of sp³-hybridized carbons (Fsp3) is 0.588. The first kappa shape index (κ1) is 21.0. The Morgan fingerprint density at radius 1 is 1.40 bits per heavy atom. The van der Waals surface area contributed by atoms with E-state index in [-0.39, 0.29) is 12.0 Å². The topological polar surface area (TPSA) is 38.3 Å². The van der Waals surface area contributed by atoms with Crippen molar-refractivity contribution in [1.29, 1.82) is 0 Å². The van der Waals surface area contributed by atoms with Gasteiger partial charge in [-0.2, -0.15) is 0 Å². The smallest absolute Gasteiger partial charge is 0.307 e. The second kappa shape index (κ2) is 15.7. The normalized spacial score (nSPS) is 12.6. The van der Waals surface area contributed by atoms with Crippen molar-refractivity contribution in [2.24, 2.45) is 0 Å². The maximum absolute atomic E-state index is 11.3. The zero-order chi connectivity index (χ0) is 15.8. The summed E-state index contributed by atoms with van der Waals surface area (Å²) in [4.78, 5) is 11.3. The minimum absolute atomic E-state index is 0.127. The number of hydrogen-bond acceptors (Lipinski definition) is 3. The largest absolute Gasteiger partial charge is 0.466 e. The maximum Gasteiger partial charge on any atom is 0.307 e. The lowest BCUT2D eigenvalue weighted by Gasteiger charge is -2.14. The van der Waals surface area contributed by atoms with Gasteiger partial charge in [0.1, 0.15) is 0 Å². The van der Waals surface area contributed by atoms with E-state index in [9.17, 15) is 4.79 Å². The monoisotopic (exact) mass is 281 g/mol. The van der Waals surface area contributed by atoms with Crippen molar-refractivity contribution in [2.75, 3.05) is 13.2 Å². The van der Waals surface area contributed by atoms with Gasteiger partial charge >= 0.3 is 5.97 Å². The van der Waals surface area contributed by atoms with E-state index in [1.807, 2.05) is 40.7 Å². The average Bonchev–Trinajstić information content (AvgIpc) is 2.45. The summed E-state index contributed by atoms with van der Waals surface area (Å²) in [6.45, 7) is 14.7. The molecule has 3 heteroatoms. The number of esters is 1. The maximum atomic E-state index is 11.3. The molecule has 0 aromatic carbocycles. The summed E-state index contributed by atoms with van der Waals surface area (Å²) in [5.74, 6) is -0.147. The van der Waals surface area contributed by atoms with E-state index >= 15 is 0 Å². The molecule has 1 unspecified atom stereocenters. The number of carbonyl (C=O) groups excluding carboxylic acids is 1. The van der Waals surface area contributed by atoms with Crippen LogP contribution < -0.4 is 5.32 Å². The van der Waals surface area contributed by atoms with Crippen LogP contribution in [0.25, 0.3) is 0 Å². The van der Waals surface area contributed by atoms with Gasteiger partial charge in [0.15, 0.2) is 0 Å². The Labute approximate surface area is 124 Å². The second-order valence-electron chi connectivity index (χ2n) is 4.11. The van der Waals surface area contributed by atoms with E-state index in [4.69, 9.17) is 4.74 Å². The van der Waals surface area contributed by atoms with Crippen molar-refractivity contribution in [3.63, 3.8) is 0 Å². The molecule has 0 aliphatic carbocycles. The number of hydrogen-bond donors (Lipinski definition) is 1. The van der Waals surface area contributed by atoms with Gasteiger partial charge in [0.2, 0.25) is 0 Å². The molecular formula is C17H31NO2. The molecule has 0 amide bonds. The van der Waals surface area contributed by atoms with Crippen molar-refractivity contribution in [3.8, 4) is 0 Å². The SMILES string of the molecule is C=C/C=C\C/C(=C\C)CNC(C)CC(=O)OCC.CC. The van der Waals surface area contributed by atoms with Crippen LogP contribution in [0.4, 0.5) is 0 Å². The van der Waals surface area contributed by atoms with E-state index < -0.39 is 0 Å². The summed E-state index contributed by atoms with van der Waals surface area (Å²) in [6.07, 6.45) is 9.18. The van der Waals surface area contributed by atoms with Crippen LogP contribution in [0.1, 0.15) is 47.5 Å². The number of ether oxygens (including phenoxy) is 1. The predicted octanol–water partition coefficient (Wildman–Crippen LogP) is 4.02.